The van der Waals surface area contributed by atoms with Crippen LogP contribution in [0.5, 0.6) is 0 Å². The number of hydrogen-bond donors (Lipinski definition) is 0. The van der Waals surface area contributed by atoms with Crippen LogP contribution in [0.3, 0.4) is 0 Å². The summed E-state index contributed by atoms with van der Waals surface area (Å²) in [6, 6.07) is 2.54. The molecule has 0 amide bonds. The van der Waals surface area contributed by atoms with E-state index in [1.54, 1.807) is 13.8 Å². The molecular weight excluding hydrogens is 392 g/mol. The van der Waals surface area contributed by atoms with Gasteiger partial charge >= 0.3 is 0 Å². The number of Topliss-reactive ketones (excluding diaryl/α,β-unsaturated/α-hetero) is 1. The van der Waals surface area contributed by atoms with Crippen LogP contribution >= 0.6 is 0 Å². The number of aryl methyl sites for hydroxylation is 3. The fourth-order valence-electron chi connectivity index (χ4n) is 4.34. The lowest BCUT2D eigenvalue weighted by Gasteiger charge is -2.33. The third-order valence-electron chi connectivity index (χ3n) is 5.96. The number of ketones is 1. The van der Waals surface area contributed by atoms with E-state index >= 15 is 0 Å². The zero-order valence-electron chi connectivity index (χ0n) is 17.4. The highest BCUT2D eigenvalue weighted by atomic mass is 32.2. The van der Waals surface area contributed by atoms with Crippen molar-refractivity contribution in [2.45, 2.75) is 51.5 Å². The van der Waals surface area contributed by atoms with E-state index in [4.69, 9.17) is 4.52 Å². The maximum atomic E-state index is 12.9. The molecule has 2 aliphatic rings. The Bertz CT molecular complexity index is 1020. The van der Waals surface area contributed by atoms with Crippen molar-refractivity contribution in [1.82, 2.24) is 18.9 Å². The van der Waals surface area contributed by atoms with Crippen LogP contribution in [0.15, 0.2) is 15.5 Å². The normalized spacial score (nSPS) is 19.0. The van der Waals surface area contributed by atoms with Crippen molar-refractivity contribution in [3.63, 3.8) is 0 Å². The highest BCUT2D eigenvalue weighted by molar-refractivity contribution is 7.89. The molecule has 1 aliphatic carbocycles. The van der Waals surface area contributed by atoms with Crippen LogP contribution in [0, 0.1) is 27.7 Å². The molecule has 1 saturated carbocycles. The second-order valence-corrected chi connectivity index (χ2v) is 10.0. The van der Waals surface area contributed by atoms with Gasteiger partial charge in [0.2, 0.25) is 10.0 Å². The molecule has 2 fully saturated rings. The van der Waals surface area contributed by atoms with Crippen LogP contribution in [-0.2, 0) is 10.0 Å². The van der Waals surface area contributed by atoms with Gasteiger partial charge in [0.1, 0.15) is 10.6 Å². The van der Waals surface area contributed by atoms with Crippen LogP contribution in [0.4, 0.5) is 0 Å². The van der Waals surface area contributed by atoms with Crippen LogP contribution in [-0.4, -0.2) is 65.9 Å². The van der Waals surface area contributed by atoms with Gasteiger partial charge < -0.3 is 9.09 Å². The third kappa shape index (κ3) is 3.67. The molecule has 9 heteroatoms. The van der Waals surface area contributed by atoms with Gasteiger partial charge in [0.15, 0.2) is 11.5 Å². The molecule has 0 unspecified atom stereocenters. The molecule has 0 spiro atoms. The predicted molar refractivity (Wildman–Crippen MR) is 108 cm³/mol. The maximum Gasteiger partial charge on any atom is 0.248 e. The van der Waals surface area contributed by atoms with E-state index in [9.17, 15) is 13.2 Å². The fourth-order valence-corrected chi connectivity index (χ4v) is 6.06. The largest absolute Gasteiger partial charge is 0.360 e. The Labute approximate surface area is 171 Å². The minimum absolute atomic E-state index is 0.104. The summed E-state index contributed by atoms with van der Waals surface area (Å²) in [5.41, 5.74) is 3.37. The van der Waals surface area contributed by atoms with Crippen LogP contribution in [0.1, 0.15) is 52.1 Å². The summed E-state index contributed by atoms with van der Waals surface area (Å²) in [7, 11) is -3.63. The Morgan fingerprint density at radius 2 is 1.79 bits per heavy atom. The molecule has 4 rings (SSSR count). The highest BCUT2D eigenvalue weighted by Crippen LogP contribution is 2.38. The lowest BCUT2D eigenvalue weighted by atomic mass is 10.1. The first-order valence-electron chi connectivity index (χ1n) is 10.1. The first-order valence-corrected chi connectivity index (χ1v) is 11.5. The number of sulfonamides is 1. The van der Waals surface area contributed by atoms with Gasteiger partial charge in [-0.2, -0.15) is 4.31 Å². The average Bonchev–Trinajstić information content (AvgIpc) is 3.37. The Morgan fingerprint density at radius 1 is 1.14 bits per heavy atom. The SMILES string of the molecule is Cc1noc(C)c1S(=O)(=O)N1CCN(CC(=O)c2cc(C)n(C3CC3)c2C)CC1. The second kappa shape index (κ2) is 7.37. The van der Waals surface area contributed by atoms with Crippen molar-refractivity contribution in [2.24, 2.45) is 0 Å². The smallest absolute Gasteiger partial charge is 0.248 e. The summed E-state index contributed by atoms with van der Waals surface area (Å²) in [4.78, 5) is 15.1. The van der Waals surface area contributed by atoms with Crippen LogP contribution < -0.4 is 0 Å². The predicted octanol–water partition coefficient (Wildman–Crippen LogP) is 2.23. The number of aromatic nitrogens is 2. The molecule has 8 nitrogen and oxygen atoms in total. The zero-order valence-corrected chi connectivity index (χ0v) is 18.3. The van der Waals surface area contributed by atoms with E-state index < -0.39 is 10.0 Å². The van der Waals surface area contributed by atoms with Crippen molar-refractivity contribution in [3.05, 3.63) is 34.5 Å². The minimum Gasteiger partial charge on any atom is -0.360 e. The van der Waals surface area contributed by atoms with Gasteiger partial charge in [-0.1, -0.05) is 5.16 Å². The molecule has 0 radical (unpaired) electrons. The van der Waals surface area contributed by atoms with Gasteiger partial charge in [0, 0.05) is 49.2 Å². The molecule has 1 aliphatic heterocycles. The van der Waals surface area contributed by atoms with E-state index in [0.29, 0.717) is 50.2 Å². The zero-order chi connectivity index (χ0) is 20.9. The van der Waals surface area contributed by atoms with Crippen molar-refractivity contribution in [3.8, 4) is 0 Å². The molecule has 0 N–H and O–H groups in total. The molecule has 0 atom stereocenters. The topological polar surface area (TPSA) is 88.7 Å². The fraction of sp³-hybridized carbons (Fsp3) is 0.600. The number of rotatable bonds is 6. The summed E-state index contributed by atoms with van der Waals surface area (Å²) >= 11 is 0. The average molecular weight is 421 g/mol. The van der Waals surface area contributed by atoms with E-state index in [2.05, 4.69) is 16.6 Å². The van der Waals surface area contributed by atoms with E-state index in [0.717, 1.165) is 17.0 Å². The van der Waals surface area contributed by atoms with Gasteiger partial charge in [0.25, 0.3) is 0 Å². The first-order chi connectivity index (χ1) is 13.7. The second-order valence-electron chi connectivity index (χ2n) is 8.14. The van der Waals surface area contributed by atoms with Gasteiger partial charge in [-0.15, -0.1) is 0 Å². The van der Waals surface area contributed by atoms with Gasteiger partial charge in [0.05, 0.1) is 6.54 Å². The van der Waals surface area contributed by atoms with Crippen LogP contribution in [0.25, 0.3) is 0 Å². The van der Waals surface area contributed by atoms with E-state index in [1.165, 1.54) is 17.1 Å². The summed E-state index contributed by atoms with van der Waals surface area (Å²) in [6.07, 6.45) is 2.37. The summed E-state index contributed by atoms with van der Waals surface area (Å²) in [5.74, 6) is 0.415. The molecular formula is C20H28N4O4S. The quantitative estimate of drug-likeness (QED) is 0.666. The molecule has 1 saturated heterocycles. The number of hydrogen-bond acceptors (Lipinski definition) is 6. The lowest BCUT2D eigenvalue weighted by Crippen LogP contribution is -2.49. The maximum absolute atomic E-state index is 12.9. The molecule has 29 heavy (non-hydrogen) atoms. The first kappa shape index (κ1) is 20.3. The summed E-state index contributed by atoms with van der Waals surface area (Å²) in [5, 5.41) is 3.76. The number of carbonyl (C=O) groups excluding carboxylic acids is 1. The molecule has 2 aromatic rings. The van der Waals surface area contributed by atoms with Crippen molar-refractivity contribution >= 4 is 15.8 Å². The number of piperazine rings is 1. The number of nitrogens with zero attached hydrogens (tertiary/aromatic N) is 4. The monoisotopic (exact) mass is 420 g/mol. The third-order valence-corrected chi connectivity index (χ3v) is 8.10. The number of carbonyl (C=O) groups is 1. The summed E-state index contributed by atoms with van der Waals surface area (Å²) in [6.45, 7) is 9.38. The molecule has 0 bridgehead atoms. The van der Waals surface area contributed by atoms with Gasteiger partial charge in [-0.3, -0.25) is 9.69 Å². The standard InChI is InChI=1S/C20H28N4O4S/c1-13-11-18(15(3)24(13)17-5-6-17)19(25)12-22-7-9-23(10-8-22)29(26,27)20-14(2)21-28-16(20)4/h11,17H,5-10,12H2,1-4H3. The summed E-state index contributed by atoms with van der Waals surface area (Å²) < 4.78 is 34.6. The minimum atomic E-state index is -3.63. The lowest BCUT2D eigenvalue weighted by molar-refractivity contribution is 0.0901. The highest BCUT2D eigenvalue weighted by Gasteiger charge is 2.34. The van der Waals surface area contributed by atoms with E-state index in [1.807, 2.05) is 17.9 Å². The van der Waals surface area contributed by atoms with Gasteiger partial charge in [-0.25, -0.2) is 8.42 Å². The van der Waals surface area contributed by atoms with Crippen molar-refractivity contribution < 1.29 is 17.7 Å². The van der Waals surface area contributed by atoms with Crippen molar-refractivity contribution in [2.75, 3.05) is 32.7 Å². The van der Waals surface area contributed by atoms with E-state index in [-0.39, 0.29) is 10.7 Å². The Kier molecular flexibility index (Phi) is 5.16. The van der Waals surface area contributed by atoms with Gasteiger partial charge in [-0.05, 0) is 46.6 Å². The Hall–Kier alpha value is -1.97. The Morgan fingerprint density at radius 3 is 2.34 bits per heavy atom. The Balaban J connectivity index is 1.40. The molecule has 3 heterocycles. The molecule has 0 aromatic carbocycles. The molecule has 2 aromatic heterocycles. The van der Waals surface area contributed by atoms with Crippen LogP contribution in [0.2, 0.25) is 0 Å². The van der Waals surface area contributed by atoms with Crippen molar-refractivity contribution in [1.29, 1.82) is 0 Å². The molecule has 158 valence electrons.